The van der Waals surface area contributed by atoms with Crippen molar-refractivity contribution in [2.45, 2.75) is 20.3 Å². The fraction of sp³-hybridized carbons (Fsp3) is 0.294. The van der Waals surface area contributed by atoms with Crippen molar-refractivity contribution in [3.8, 4) is 0 Å². The Kier molecular flexibility index (Phi) is 6.86. The van der Waals surface area contributed by atoms with Gasteiger partial charge in [0, 0.05) is 36.6 Å². The molecule has 0 aliphatic rings. The van der Waals surface area contributed by atoms with Gasteiger partial charge >= 0.3 is 0 Å². The molecular weight excluding hydrogens is 290 g/mol. The monoisotopic (exact) mass is 315 g/mol. The van der Waals surface area contributed by atoms with Crippen LogP contribution in [0.25, 0.3) is 11.3 Å². The first-order valence-corrected chi connectivity index (χ1v) is 7.48. The first-order valence-electron chi connectivity index (χ1n) is 7.48. The summed E-state index contributed by atoms with van der Waals surface area (Å²) < 4.78 is 0. The second-order valence-corrected chi connectivity index (χ2v) is 4.98. The molecule has 124 valence electrons. The largest absolute Gasteiger partial charge is 0.398 e. The van der Waals surface area contributed by atoms with E-state index in [1.54, 1.807) is 19.3 Å². The molecule has 0 bridgehead atoms. The maximum absolute atomic E-state index is 12.0. The molecule has 0 saturated carbocycles. The van der Waals surface area contributed by atoms with Gasteiger partial charge in [0.25, 0.3) is 5.91 Å². The molecule has 0 saturated heterocycles. The van der Waals surface area contributed by atoms with Crippen LogP contribution in [0.15, 0.2) is 35.0 Å². The second kappa shape index (κ2) is 8.63. The van der Waals surface area contributed by atoms with Gasteiger partial charge in [-0.05, 0) is 18.9 Å². The molecule has 0 heterocycles. The Bertz CT molecular complexity index is 659. The minimum absolute atomic E-state index is 0.0338. The molecular formula is C17H25N5O. The average molecular weight is 315 g/mol. The number of nitrogens with two attached hydrogens (primary N) is 3. The van der Waals surface area contributed by atoms with E-state index in [2.05, 4.69) is 10.3 Å². The van der Waals surface area contributed by atoms with Gasteiger partial charge in [-0.15, -0.1) is 0 Å². The van der Waals surface area contributed by atoms with Crippen LogP contribution in [0.4, 0.5) is 5.69 Å². The third-order valence-electron chi connectivity index (χ3n) is 3.36. The first kappa shape index (κ1) is 18.3. The Morgan fingerprint density at radius 2 is 1.96 bits per heavy atom. The van der Waals surface area contributed by atoms with Crippen molar-refractivity contribution in [2.75, 3.05) is 19.3 Å². The van der Waals surface area contributed by atoms with Gasteiger partial charge in [0.1, 0.15) is 5.70 Å². The van der Waals surface area contributed by atoms with E-state index >= 15 is 0 Å². The predicted molar refractivity (Wildman–Crippen MR) is 97.5 cm³/mol. The highest BCUT2D eigenvalue weighted by atomic mass is 16.2. The highest BCUT2D eigenvalue weighted by molar-refractivity contribution is 6.12. The number of benzene rings is 1. The number of anilines is 1. The van der Waals surface area contributed by atoms with Gasteiger partial charge in [0.05, 0.1) is 5.70 Å². The van der Waals surface area contributed by atoms with Crippen molar-refractivity contribution in [1.29, 1.82) is 0 Å². The van der Waals surface area contributed by atoms with Crippen molar-refractivity contribution in [1.82, 2.24) is 5.32 Å². The zero-order valence-corrected chi connectivity index (χ0v) is 13.9. The van der Waals surface area contributed by atoms with E-state index in [9.17, 15) is 4.79 Å². The first-order chi connectivity index (χ1) is 11.0. The molecule has 0 aliphatic carbocycles. The molecule has 0 atom stereocenters. The van der Waals surface area contributed by atoms with Crippen LogP contribution in [0.2, 0.25) is 0 Å². The Balaban J connectivity index is 3.31. The highest BCUT2D eigenvalue weighted by Gasteiger charge is 2.15. The lowest BCUT2D eigenvalue weighted by molar-refractivity contribution is -0.117. The zero-order valence-electron chi connectivity index (χ0n) is 13.9. The summed E-state index contributed by atoms with van der Waals surface area (Å²) in [5.74, 6) is -0.393. The molecule has 6 nitrogen and oxygen atoms in total. The lowest BCUT2D eigenvalue weighted by Gasteiger charge is -2.14. The van der Waals surface area contributed by atoms with Crippen molar-refractivity contribution in [2.24, 2.45) is 16.5 Å². The molecule has 1 rings (SSSR count). The molecule has 0 aromatic heterocycles. The van der Waals surface area contributed by atoms with Crippen molar-refractivity contribution in [3.05, 3.63) is 41.1 Å². The molecule has 0 fully saturated rings. The van der Waals surface area contributed by atoms with Crippen molar-refractivity contribution in [3.63, 3.8) is 0 Å². The van der Waals surface area contributed by atoms with Gasteiger partial charge in [-0.3, -0.25) is 9.79 Å². The Morgan fingerprint density at radius 3 is 2.52 bits per heavy atom. The third kappa shape index (κ3) is 4.35. The number of carbonyl (C=O) groups is 1. The summed E-state index contributed by atoms with van der Waals surface area (Å²) in [6, 6.07) is 5.43. The molecule has 0 spiro atoms. The zero-order chi connectivity index (χ0) is 17.4. The number of hydrogen-bond donors (Lipinski definition) is 4. The molecule has 7 N–H and O–H groups in total. The van der Waals surface area contributed by atoms with Crippen molar-refractivity contribution >= 4 is 29.1 Å². The molecule has 0 aliphatic heterocycles. The van der Waals surface area contributed by atoms with Gasteiger partial charge in [-0.25, -0.2) is 0 Å². The minimum atomic E-state index is -0.393. The molecule has 1 aromatic carbocycles. The van der Waals surface area contributed by atoms with Crippen LogP contribution in [-0.4, -0.2) is 25.7 Å². The number of nitrogens with one attached hydrogen (secondary N) is 1. The van der Waals surface area contributed by atoms with Gasteiger partial charge in [0.2, 0.25) is 0 Å². The van der Waals surface area contributed by atoms with E-state index in [1.165, 1.54) is 0 Å². The molecule has 6 heteroatoms. The standard InChI is InChI=1S/C17H25N5O/c1-4-9-22-17(23)16(20)15(19)13-8-6-7-12(14(13)18)11(5-2)10-21-3/h5-8,10H,4,9,18-20H2,1-3H3,(H,22,23)/b11-5+,16-15+,21-10?. The quantitative estimate of drug-likeness (QED) is 0.361. The number of para-hydroxylation sites is 1. The summed E-state index contributed by atoms with van der Waals surface area (Å²) in [6.07, 6.45) is 4.43. The highest BCUT2D eigenvalue weighted by Crippen LogP contribution is 2.27. The molecule has 23 heavy (non-hydrogen) atoms. The van der Waals surface area contributed by atoms with E-state index in [0.29, 0.717) is 17.8 Å². The van der Waals surface area contributed by atoms with Crippen LogP contribution < -0.4 is 22.5 Å². The average Bonchev–Trinajstić information content (AvgIpc) is 2.56. The normalized spacial score (nSPS) is 13.1. The Hall–Kier alpha value is -2.76. The van der Waals surface area contributed by atoms with Crippen LogP contribution in [0.5, 0.6) is 0 Å². The lowest BCUT2D eigenvalue weighted by atomic mass is 9.98. The molecule has 0 radical (unpaired) electrons. The number of nitrogen functional groups attached to an aromatic ring is 1. The molecule has 1 amide bonds. The van der Waals surface area contributed by atoms with Crippen LogP contribution in [0.3, 0.4) is 0 Å². The molecule has 1 aromatic rings. The Labute approximate surface area is 137 Å². The number of rotatable bonds is 6. The fourth-order valence-corrected chi connectivity index (χ4v) is 2.09. The Morgan fingerprint density at radius 1 is 1.30 bits per heavy atom. The summed E-state index contributed by atoms with van der Waals surface area (Å²) in [5, 5.41) is 2.70. The van der Waals surface area contributed by atoms with Crippen LogP contribution in [0.1, 0.15) is 31.4 Å². The lowest BCUT2D eigenvalue weighted by Crippen LogP contribution is -2.31. The van der Waals surface area contributed by atoms with E-state index in [0.717, 1.165) is 17.6 Å². The van der Waals surface area contributed by atoms with Gasteiger partial charge in [-0.1, -0.05) is 31.2 Å². The smallest absolute Gasteiger partial charge is 0.269 e. The number of carbonyl (C=O) groups excluding carboxylic acids is 1. The van der Waals surface area contributed by atoms with Crippen LogP contribution in [0, 0.1) is 0 Å². The third-order valence-corrected chi connectivity index (χ3v) is 3.36. The van der Waals surface area contributed by atoms with Crippen molar-refractivity contribution < 1.29 is 4.79 Å². The van der Waals surface area contributed by atoms with E-state index < -0.39 is 5.91 Å². The summed E-state index contributed by atoms with van der Waals surface area (Å²) in [6.45, 7) is 4.39. The summed E-state index contributed by atoms with van der Waals surface area (Å²) in [7, 11) is 1.69. The minimum Gasteiger partial charge on any atom is -0.398 e. The van der Waals surface area contributed by atoms with E-state index in [1.807, 2.05) is 32.1 Å². The summed E-state index contributed by atoms with van der Waals surface area (Å²) in [5.41, 5.74) is 20.9. The number of amides is 1. The maximum atomic E-state index is 12.0. The van der Waals surface area contributed by atoms with Gasteiger partial charge in [0.15, 0.2) is 0 Å². The van der Waals surface area contributed by atoms with Crippen LogP contribution >= 0.6 is 0 Å². The topological polar surface area (TPSA) is 120 Å². The number of nitrogens with zero attached hydrogens (tertiary/aromatic N) is 1. The maximum Gasteiger partial charge on any atom is 0.269 e. The number of aliphatic imine (C=N–C) groups is 1. The van der Waals surface area contributed by atoms with E-state index in [-0.39, 0.29) is 11.4 Å². The second-order valence-electron chi connectivity index (χ2n) is 4.98. The SMILES string of the molecule is C/C=C(\C=NC)c1cccc(/C(N)=C(\N)C(=O)NCCC)c1N. The molecule has 0 unspecified atom stereocenters. The van der Waals surface area contributed by atoms with E-state index in [4.69, 9.17) is 17.2 Å². The van der Waals surface area contributed by atoms with Gasteiger partial charge < -0.3 is 22.5 Å². The summed E-state index contributed by atoms with van der Waals surface area (Å²) >= 11 is 0. The number of hydrogen-bond acceptors (Lipinski definition) is 5. The summed E-state index contributed by atoms with van der Waals surface area (Å²) in [4.78, 5) is 16.0. The number of allylic oxidation sites excluding steroid dienone is 2. The van der Waals surface area contributed by atoms with Gasteiger partial charge in [-0.2, -0.15) is 0 Å². The van der Waals surface area contributed by atoms with Crippen LogP contribution in [-0.2, 0) is 4.79 Å². The fourth-order valence-electron chi connectivity index (χ4n) is 2.09. The predicted octanol–water partition coefficient (Wildman–Crippen LogP) is 1.48.